The third-order valence-corrected chi connectivity index (χ3v) is 4.44. The van der Waals surface area contributed by atoms with Gasteiger partial charge in [-0.2, -0.15) is 0 Å². The van der Waals surface area contributed by atoms with Crippen LogP contribution in [-0.4, -0.2) is 71.7 Å². The average Bonchev–Trinajstić information content (AvgIpc) is 2.47. The summed E-state index contributed by atoms with van der Waals surface area (Å²) >= 11 is 0. The lowest BCUT2D eigenvalue weighted by molar-refractivity contribution is -0.133. The zero-order valence-electron chi connectivity index (χ0n) is 14.8. The second-order valence-corrected chi connectivity index (χ2v) is 6.29. The number of hydrogen-bond acceptors (Lipinski definition) is 3. The summed E-state index contributed by atoms with van der Waals surface area (Å²) < 4.78 is 0. The Kier molecular flexibility index (Phi) is 8.66. The van der Waals surface area contributed by atoms with E-state index in [9.17, 15) is 14.4 Å². The topological polar surface area (TPSA) is 60.9 Å². The predicted octanol–water partition coefficient (Wildman–Crippen LogP) is 1.50. The summed E-state index contributed by atoms with van der Waals surface area (Å²) in [4.78, 5) is 40.7. The molecule has 6 heteroatoms. The molecule has 0 unspecified atom stereocenters. The van der Waals surface area contributed by atoms with Gasteiger partial charge in [0.1, 0.15) is 0 Å². The Morgan fingerprint density at radius 2 is 0.783 bits per heavy atom. The van der Waals surface area contributed by atoms with Crippen LogP contribution in [0.2, 0.25) is 0 Å². The van der Waals surface area contributed by atoms with Crippen molar-refractivity contribution in [3.63, 3.8) is 0 Å². The van der Waals surface area contributed by atoms with Gasteiger partial charge in [-0.3, -0.25) is 14.4 Å². The van der Waals surface area contributed by atoms with Crippen LogP contribution >= 0.6 is 0 Å². The van der Waals surface area contributed by atoms with Crippen LogP contribution in [0, 0.1) is 0 Å². The molecule has 0 aromatic rings. The summed E-state index contributed by atoms with van der Waals surface area (Å²) in [7, 11) is 0. The minimum atomic E-state index is 0.0231. The van der Waals surface area contributed by atoms with Crippen molar-refractivity contribution in [3.05, 3.63) is 0 Å². The van der Waals surface area contributed by atoms with Gasteiger partial charge in [0.05, 0.1) is 0 Å². The number of rotatable bonds is 0. The summed E-state index contributed by atoms with van der Waals surface area (Å²) in [5.74, 6) is 0.201. The minimum absolute atomic E-state index is 0.0231. The van der Waals surface area contributed by atoms with Crippen LogP contribution in [0.5, 0.6) is 0 Å². The zero-order chi connectivity index (χ0) is 17.2. The van der Waals surface area contributed by atoms with Gasteiger partial charge in [0.2, 0.25) is 17.7 Å². The lowest BCUT2D eigenvalue weighted by Crippen LogP contribution is -2.41. The fourth-order valence-corrected chi connectivity index (χ4v) is 2.93. The number of carbonyl (C=O) groups is 3. The van der Waals surface area contributed by atoms with Crippen LogP contribution < -0.4 is 0 Å². The molecule has 1 rings (SSSR count). The summed E-state index contributed by atoms with van der Waals surface area (Å²) in [5.41, 5.74) is 0. The first-order valence-electron chi connectivity index (χ1n) is 8.68. The highest BCUT2D eigenvalue weighted by molar-refractivity contribution is 5.74. The van der Waals surface area contributed by atoms with Crippen molar-refractivity contribution < 1.29 is 14.4 Å². The van der Waals surface area contributed by atoms with E-state index < -0.39 is 0 Å². The van der Waals surface area contributed by atoms with E-state index in [0.717, 1.165) is 45.2 Å². The highest BCUT2D eigenvalue weighted by Crippen LogP contribution is 2.07. The molecule has 6 nitrogen and oxygen atoms in total. The second kappa shape index (κ2) is 10.2. The predicted molar refractivity (Wildman–Crippen MR) is 89.8 cm³/mol. The van der Waals surface area contributed by atoms with Gasteiger partial charge < -0.3 is 14.7 Å². The average molecular weight is 325 g/mol. The van der Waals surface area contributed by atoms with Crippen LogP contribution in [0.25, 0.3) is 0 Å². The van der Waals surface area contributed by atoms with Crippen molar-refractivity contribution in [1.82, 2.24) is 14.7 Å². The molecule has 0 spiro atoms. The molecule has 0 saturated carbocycles. The maximum absolute atomic E-state index is 11.8. The van der Waals surface area contributed by atoms with E-state index in [-0.39, 0.29) is 17.7 Å². The van der Waals surface area contributed by atoms with E-state index >= 15 is 0 Å². The Balaban J connectivity index is 2.67. The van der Waals surface area contributed by atoms with Gasteiger partial charge in [-0.25, -0.2) is 0 Å². The SMILES string of the molecule is CC(=O)N1CCCCCCN(C(C)=O)CCN(C(C)=O)CCC1. The van der Waals surface area contributed by atoms with Gasteiger partial charge in [-0.1, -0.05) is 12.8 Å². The Morgan fingerprint density at radius 3 is 1.13 bits per heavy atom. The van der Waals surface area contributed by atoms with Gasteiger partial charge in [-0.05, 0) is 19.3 Å². The van der Waals surface area contributed by atoms with E-state index in [1.165, 1.54) is 0 Å². The first-order valence-corrected chi connectivity index (χ1v) is 8.68. The zero-order valence-corrected chi connectivity index (χ0v) is 14.8. The van der Waals surface area contributed by atoms with E-state index in [1.54, 1.807) is 25.7 Å². The lowest BCUT2D eigenvalue weighted by atomic mass is 10.1. The molecule has 0 atom stereocenters. The second-order valence-electron chi connectivity index (χ2n) is 6.29. The minimum Gasteiger partial charge on any atom is -0.343 e. The van der Waals surface area contributed by atoms with Crippen LogP contribution in [0.3, 0.4) is 0 Å². The molecule has 0 N–H and O–H groups in total. The smallest absolute Gasteiger partial charge is 0.219 e. The monoisotopic (exact) mass is 325 g/mol. The van der Waals surface area contributed by atoms with Crippen LogP contribution in [0.15, 0.2) is 0 Å². The van der Waals surface area contributed by atoms with Gasteiger partial charge in [0.15, 0.2) is 0 Å². The third-order valence-electron chi connectivity index (χ3n) is 4.44. The van der Waals surface area contributed by atoms with Crippen molar-refractivity contribution in [2.24, 2.45) is 0 Å². The summed E-state index contributed by atoms with van der Waals surface area (Å²) in [6.45, 7) is 8.76. The fourth-order valence-electron chi connectivity index (χ4n) is 2.93. The molecule has 0 radical (unpaired) electrons. The highest BCUT2D eigenvalue weighted by atomic mass is 16.2. The molecular formula is C17H31N3O3. The Bertz CT molecular complexity index is 412. The molecule has 1 aliphatic heterocycles. The molecule has 1 fully saturated rings. The maximum atomic E-state index is 11.8. The number of amides is 3. The van der Waals surface area contributed by atoms with Gasteiger partial charge in [0, 0.05) is 60.0 Å². The third kappa shape index (κ3) is 7.48. The van der Waals surface area contributed by atoms with Gasteiger partial charge in [-0.15, -0.1) is 0 Å². The molecule has 0 aliphatic carbocycles. The van der Waals surface area contributed by atoms with Crippen molar-refractivity contribution >= 4 is 17.7 Å². The summed E-state index contributed by atoms with van der Waals surface area (Å²) in [6.07, 6.45) is 4.88. The largest absolute Gasteiger partial charge is 0.343 e. The first-order chi connectivity index (χ1) is 10.9. The van der Waals surface area contributed by atoms with Crippen molar-refractivity contribution in [2.45, 2.75) is 52.9 Å². The maximum Gasteiger partial charge on any atom is 0.219 e. The molecule has 23 heavy (non-hydrogen) atoms. The van der Waals surface area contributed by atoms with Crippen LogP contribution in [-0.2, 0) is 14.4 Å². The van der Waals surface area contributed by atoms with E-state index in [2.05, 4.69) is 0 Å². The van der Waals surface area contributed by atoms with Crippen molar-refractivity contribution in [2.75, 3.05) is 39.3 Å². The van der Waals surface area contributed by atoms with Crippen LogP contribution in [0.4, 0.5) is 0 Å². The van der Waals surface area contributed by atoms with E-state index in [0.29, 0.717) is 26.2 Å². The number of hydrogen-bond donors (Lipinski definition) is 0. The fraction of sp³-hybridized carbons (Fsp3) is 0.824. The highest BCUT2D eigenvalue weighted by Gasteiger charge is 2.15. The number of nitrogens with zero attached hydrogens (tertiary/aromatic N) is 3. The first kappa shape index (κ1) is 19.5. The van der Waals surface area contributed by atoms with E-state index in [4.69, 9.17) is 0 Å². The molecule has 3 amide bonds. The molecule has 1 saturated heterocycles. The van der Waals surface area contributed by atoms with Crippen LogP contribution in [0.1, 0.15) is 52.9 Å². The molecule has 0 aromatic heterocycles. The number of carbonyl (C=O) groups excluding carboxylic acids is 3. The van der Waals surface area contributed by atoms with Gasteiger partial charge in [0.25, 0.3) is 0 Å². The van der Waals surface area contributed by atoms with E-state index in [1.807, 2.05) is 9.80 Å². The van der Waals surface area contributed by atoms with Crippen molar-refractivity contribution in [1.29, 1.82) is 0 Å². The Hall–Kier alpha value is -1.59. The lowest BCUT2D eigenvalue weighted by Gasteiger charge is -2.28. The molecule has 0 bridgehead atoms. The molecule has 1 heterocycles. The summed E-state index contributed by atoms with van der Waals surface area (Å²) in [6, 6.07) is 0. The normalized spacial score (nSPS) is 19.2. The standard InChI is InChI=1S/C17H31N3O3/c1-15(21)18-9-6-4-5-7-10-19(16(2)22)13-14-20(17(3)23)12-8-11-18/h4-14H2,1-3H3. The quantitative estimate of drug-likeness (QED) is 0.678. The molecule has 0 aromatic carbocycles. The Morgan fingerprint density at radius 1 is 0.478 bits per heavy atom. The molecule has 132 valence electrons. The van der Waals surface area contributed by atoms with Gasteiger partial charge >= 0.3 is 0 Å². The molecular weight excluding hydrogens is 294 g/mol. The molecule has 1 aliphatic rings. The summed E-state index contributed by atoms with van der Waals surface area (Å²) in [5, 5.41) is 0. The Labute approximate surface area is 139 Å². The van der Waals surface area contributed by atoms with Crippen molar-refractivity contribution in [3.8, 4) is 0 Å².